The summed E-state index contributed by atoms with van der Waals surface area (Å²) in [6.07, 6.45) is 2.65. The molecule has 0 aliphatic rings. The summed E-state index contributed by atoms with van der Waals surface area (Å²) in [5.41, 5.74) is 2.21. The minimum absolute atomic E-state index is 0.591. The van der Waals surface area contributed by atoms with Crippen LogP contribution in [0.2, 0.25) is 0 Å². The number of rotatable bonds is 6. The van der Waals surface area contributed by atoms with Crippen molar-refractivity contribution in [3.63, 3.8) is 0 Å². The Balaban J connectivity index is 2.35. The first-order chi connectivity index (χ1) is 7.24. The Morgan fingerprint density at radius 1 is 1.40 bits per heavy atom. The summed E-state index contributed by atoms with van der Waals surface area (Å²) in [7, 11) is 0. The summed E-state index contributed by atoms with van der Waals surface area (Å²) in [5, 5.41) is 0. The van der Waals surface area contributed by atoms with E-state index >= 15 is 0 Å². The number of hydrogen-bond donors (Lipinski definition) is 0. The second-order valence-corrected chi connectivity index (χ2v) is 4.18. The molecule has 80 valence electrons. The predicted molar refractivity (Wildman–Crippen MR) is 67.8 cm³/mol. The molecule has 0 spiro atoms. The molecule has 0 aliphatic heterocycles. The molecule has 2 heteroatoms. The summed E-state index contributed by atoms with van der Waals surface area (Å²) < 4.78 is 6.62. The number of allylic oxidation sites excluding steroid dienone is 1. The van der Waals surface area contributed by atoms with E-state index in [0.29, 0.717) is 13.2 Å². The van der Waals surface area contributed by atoms with Gasteiger partial charge in [-0.05, 0) is 23.6 Å². The highest BCUT2D eigenvalue weighted by atomic mass is 79.9. The maximum Gasteiger partial charge on any atom is 0.0732 e. The summed E-state index contributed by atoms with van der Waals surface area (Å²) in [4.78, 5) is 0. The third kappa shape index (κ3) is 4.45. The Labute approximate surface area is 99.6 Å². The maximum atomic E-state index is 5.54. The van der Waals surface area contributed by atoms with Gasteiger partial charge in [-0.25, -0.2) is 0 Å². The topological polar surface area (TPSA) is 9.23 Å². The fourth-order valence-electron chi connectivity index (χ4n) is 1.18. The summed E-state index contributed by atoms with van der Waals surface area (Å²) >= 11 is 3.48. The van der Waals surface area contributed by atoms with Gasteiger partial charge in [-0.15, -0.1) is 6.58 Å². The van der Waals surface area contributed by atoms with Crippen molar-refractivity contribution in [1.29, 1.82) is 0 Å². The van der Waals surface area contributed by atoms with Crippen LogP contribution in [0.5, 0.6) is 0 Å². The number of benzene rings is 1. The average Bonchev–Trinajstić information content (AvgIpc) is 2.21. The third-order valence-electron chi connectivity index (χ3n) is 1.95. The largest absolute Gasteiger partial charge is 0.372 e. The Kier molecular flexibility index (Phi) is 5.37. The van der Waals surface area contributed by atoms with Crippen molar-refractivity contribution < 1.29 is 4.74 Å². The van der Waals surface area contributed by atoms with Crippen LogP contribution in [-0.2, 0) is 11.3 Å². The van der Waals surface area contributed by atoms with Gasteiger partial charge in [0, 0.05) is 4.47 Å². The summed E-state index contributed by atoms with van der Waals surface area (Å²) in [5.74, 6) is 0. The van der Waals surface area contributed by atoms with E-state index in [2.05, 4.69) is 29.1 Å². The van der Waals surface area contributed by atoms with Gasteiger partial charge < -0.3 is 4.74 Å². The van der Waals surface area contributed by atoms with Crippen molar-refractivity contribution in [3.05, 3.63) is 59.1 Å². The van der Waals surface area contributed by atoms with E-state index in [1.165, 1.54) is 0 Å². The van der Waals surface area contributed by atoms with Gasteiger partial charge in [-0.1, -0.05) is 46.8 Å². The molecule has 0 radical (unpaired) electrons. The molecule has 1 nitrogen and oxygen atoms in total. The Morgan fingerprint density at radius 3 is 2.80 bits per heavy atom. The van der Waals surface area contributed by atoms with Crippen LogP contribution in [0.1, 0.15) is 12.0 Å². The molecule has 0 N–H and O–H groups in total. The molecule has 0 unspecified atom stereocenters. The van der Waals surface area contributed by atoms with E-state index < -0.39 is 0 Å². The van der Waals surface area contributed by atoms with Crippen molar-refractivity contribution in [1.82, 2.24) is 0 Å². The van der Waals surface area contributed by atoms with Gasteiger partial charge in [0.1, 0.15) is 0 Å². The highest BCUT2D eigenvalue weighted by Crippen LogP contribution is 2.16. The second-order valence-electron chi connectivity index (χ2n) is 3.33. The van der Waals surface area contributed by atoms with Gasteiger partial charge in [0.15, 0.2) is 0 Å². The lowest BCUT2D eigenvalue weighted by Crippen LogP contribution is -1.98. The lowest BCUT2D eigenvalue weighted by atomic mass is 10.2. The monoisotopic (exact) mass is 266 g/mol. The zero-order chi connectivity index (χ0) is 11.1. The van der Waals surface area contributed by atoms with Crippen LogP contribution in [-0.4, -0.2) is 6.61 Å². The minimum Gasteiger partial charge on any atom is -0.372 e. The van der Waals surface area contributed by atoms with Crippen molar-refractivity contribution in [2.24, 2.45) is 0 Å². The fraction of sp³-hybridized carbons (Fsp3) is 0.231. The van der Waals surface area contributed by atoms with E-state index in [0.717, 1.165) is 22.0 Å². The van der Waals surface area contributed by atoms with E-state index in [4.69, 9.17) is 4.74 Å². The maximum absolute atomic E-state index is 5.54. The molecule has 0 saturated heterocycles. The van der Waals surface area contributed by atoms with E-state index in [1.54, 1.807) is 0 Å². The first-order valence-electron chi connectivity index (χ1n) is 4.82. The smallest absolute Gasteiger partial charge is 0.0732 e. The molecular weight excluding hydrogens is 252 g/mol. The lowest BCUT2D eigenvalue weighted by Gasteiger charge is -2.06. The summed E-state index contributed by atoms with van der Waals surface area (Å²) in [6, 6.07) is 8.05. The van der Waals surface area contributed by atoms with E-state index in [1.807, 2.05) is 30.3 Å². The van der Waals surface area contributed by atoms with Gasteiger partial charge in [-0.2, -0.15) is 0 Å². The number of hydrogen-bond acceptors (Lipinski definition) is 1. The van der Waals surface area contributed by atoms with Crippen LogP contribution in [0.4, 0.5) is 0 Å². The van der Waals surface area contributed by atoms with Gasteiger partial charge in [-0.3, -0.25) is 0 Å². The zero-order valence-electron chi connectivity index (χ0n) is 8.71. The Morgan fingerprint density at radius 2 is 2.13 bits per heavy atom. The highest BCUT2D eigenvalue weighted by molar-refractivity contribution is 9.10. The lowest BCUT2D eigenvalue weighted by molar-refractivity contribution is 0.141. The van der Waals surface area contributed by atoms with Gasteiger partial charge in [0.25, 0.3) is 0 Å². The van der Waals surface area contributed by atoms with E-state index in [9.17, 15) is 0 Å². The zero-order valence-corrected chi connectivity index (χ0v) is 10.3. The molecule has 0 fully saturated rings. The first-order valence-corrected chi connectivity index (χ1v) is 5.62. The molecule has 0 saturated carbocycles. The van der Waals surface area contributed by atoms with Crippen LogP contribution in [0.25, 0.3) is 0 Å². The number of halogens is 1. The van der Waals surface area contributed by atoms with Gasteiger partial charge in [0.05, 0.1) is 13.2 Å². The van der Waals surface area contributed by atoms with Crippen molar-refractivity contribution in [2.45, 2.75) is 13.0 Å². The van der Waals surface area contributed by atoms with Crippen LogP contribution >= 0.6 is 15.9 Å². The standard InChI is InChI=1S/C13H15BrO/c1-3-6-11(2)9-15-10-12-7-4-5-8-13(12)14/h3-5,7-8H,1-2,6,9-10H2. The van der Waals surface area contributed by atoms with Crippen molar-refractivity contribution in [3.8, 4) is 0 Å². The van der Waals surface area contributed by atoms with Crippen LogP contribution in [0.3, 0.4) is 0 Å². The molecule has 15 heavy (non-hydrogen) atoms. The van der Waals surface area contributed by atoms with Crippen LogP contribution < -0.4 is 0 Å². The molecule has 0 heterocycles. The molecule has 1 aromatic rings. The number of ether oxygens (including phenoxy) is 1. The van der Waals surface area contributed by atoms with Crippen molar-refractivity contribution in [2.75, 3.05) is 6.61 Å². The second kappa shape index (κ2) is 6.59. The molecule has 1 aromatic carbocycles. The Hall–Kier alpha value is -0.860. The molecule has 0 bridgehead atoms. The summed E-state index contributed by atoms with van der Waals surface area (Å²) in [6.45, 7) is 8.75. The first kappa shape index (κ1) is 12.2. The minimum atomic E-state index is 0.591. The molecule has 0 aromatic heterocycles. The van der Waals surface area contributed by atoms with E-state index in [-0.39, 0.29) is 0 Å². The molecule has 0 amide bonds. The molecule has 0 atom stereocenters. The Bertz CT molecular complexity index is 344. The van der Waals surface area contributed by atoms with Crippen LogP contribution in [0, 0.1) is 0 Å². The van der Waals surface area contributed by atoms with Crippen molar-refractivity contribution >= 4 is 15.9 Å². The van der Waals surface area contributed by atoms with Gasteiger partial charge in [0.2, 0.25) is 0 Å². The molecular formula is C13H15BrO. The third-order valence-corrected chi connectivity index (χ3v) is 2.73. The fourth-order valence-corrected chi connectivity index (χ4v) is 1.58. The highest BCUT2D eigenvalue weighted by Gasteiger charge is 1.98. The average molecular weight is 267 g/mol. The normalized spacial score (nSPS) is 9.93. The quantitative estimate of drug-likeness (QED) is 0.705. The SMILES string of the molecule is C=CCC(=C)COCc1ccccc1Br. The van der Waals surface area contributed by atoms with Gasteiger partial charge >= 0.3 is 0 Å². The molecule has 1 rings (SSSR count). The molecule has 0 aliphatic carbocycles. The predicted octanol–water partition coefficient (Wildman–Crippen LogP) is 4.10. The van der Waals surface area contributed by atoms with Crippen LogP contribution in [0.15, 0.2) is 53.5 Å².